The van der Waals surface area contributed by atoms with Gasteiger partial charge in [-0.3, -0.25) is 4.79 Å². The Morgan fingerprint density at radius 1 is 1.60 bits per heavy atom. The predicted octanol–water partition coefficient (Wildman–Crippen LogP) is 0.363. The van der Waals surface area contributed by atoms with Crippen molar-refractivity contribution < 1.29 is 9.90 Å². The van der Waals surface area contributed by atoms with E-state index in [9.17, 15) is 9.90 Å². The van der Waals surface area contributed by atoms with E-state index in [1.54, 1.807) is 26.0 Å². The van der Waals surface area contributed by atoms with E-state index in [0.717, 1.165) is 0 Å². The van der Waals surface area contributed by atoms with E-state index in [1.807, 2.05) is 0 Å². The predicted molar refractivity (Wildman–Crippen MR) is 57.5 cm³/mol. The molecule has 1 aromatic heterocycles. The van der Waals surface area contributed by atoms with Crippen molar-refractivity contribution in [3.05, 3.63) is 23.9 Å². The molecule has 1 heterocycles. The average molecular weight is 209 g/mol. The largest absolute Gasteiger partial charge is 0.389 e. The molecule has 0 aliphatic heterocycles. The van der Waals surface area contributed by atoms with E-state index in [4.69, 9.17) is 5.73 Å². The van der Waals surface area contributed by atoms with Gasteiger partial charge in [0.15, 0.2) is 0 Å². The van der Waals surface area contributed by atoms with Crippen molar-refractivity contribution in [3.63, 3.8) is 0 Å². The molecule has 15 heavy (non-hydrogen) atoms. The van der Waals surface area contributed by atoms with Crippen LogP contribution in [0.5, 0.6) is 0 Å². The zero-order valence-electron chi connectivity index (χ0n) is 8.82. The van der Waals surface area contributed by atoms with Crippen LogP contribution < -0.4 is 11.1 Å². The van der Waals surface area contributed by atoms with Crippen molar-refractivity contribution in [2.45, 2.75) is 19.4 Å². The van der Waals surface area contributed by atoms with E-state index in [0.29, 0.717) is 17.9 Å². The fourth-order valence-corrected chi connectivity index (χ4v) is 0.951. The highest BCUT2D eigenvalue weighted by atomic mass is 16.3. The number of carbonyl (C=O) groups is 1. The lowest BCUT2D eigenvalue weighted by Crippen LogP contribution is -2.29. The summed E-state index contributed by atoms with van der Waals surface area (Å²) in [5, 5.41) is 12.4. The molecule has 5 nitrogen and oxygen atoms in total. The molecule has 1 amide bonds. The first kappa shape index (κ1) is 11.5. The minimum absolute atomic E-state index is 0.365. The van der Waals surface area contributed by atoms with Gasteiger partial charge < -0.3 is 16.2 Å². The Balaban J connectivity index is 2.61. The summed E-state index contributed by atoms with van der Waals surface area (Å²) in [7, 11) is 0. The van der Waals surface area contributed by atoms with Crippen LogP contribution in [0.3, 0.4) is 0 Å². The molecule has 0 radical (unpaired) electrons. The number of rotatable bonds is 4. The van der Waals surface area contributed by atoms with Gasteiger partial charge >= 0.3 is 0 Å². The minimum atomic E-state index is -0.802. The topological polar surface area (TPSA) is 88.2 Å². The lowest BCUT2D eigenvalue weighted by atomic mass is 10.1. The van der Waals surface area contributed by atoms with Crippen molar-refractivity contribution in [2.24, 2.45) is 5.73 Å². The highest BCUT2D eigenvalue weighted by molar-refractivity contribution is 5.92. The number of hydrogen-bond donors (Lipinski definition) is 3. The van der Waals surface area contributed by atoms with Gasteiger partial charge in [-0.05, 0) is 26.0 Å². The Kier molecular flexibility index (Phi) is 3.26. The summed E-state index contributed by atoms with van der Waals surface area (Å²) in [5.41, 5.74) is 4.63. The number of aliphatic hydroxyl groups is 1. The van der Waals surface area contributed by atoms with E-state index >= 15 is 0 Å². The van der Waals surface area contributed by atoms with Crippen molar-refractivity contribution in [1.82, 2.24) is 4.98 Å². The minimum Gasteiger partial charge on any atom is -0.389 e. The van der Waals surface area contributed by atoms with Crippen LogP contribution in [0.2, 0.25) is 0 Å². The van der Waals surface area contributed by atoms with Crippen LogP contribution in [0.1, 0.15) is 24.2 Å². The van der Waals surface area contributed by atoms with Crippen LogP contribution in [0.4, 0.5) is 5.82 Å². The third-order valence-corrected chi connectivity index (χ3v) is 1.75. The molecule has 1 rings (SSSR count). The molecule has 1 aromatic rings. The van der Waals surface area contributed by atoms with Crippen LogP contribution in [0.15, 0.2) is 18.3 Å². The molecule has 0 spiro atoms. The normalized spacial score (nSPS) is 11.1. The third-order valence-electron chi connectivity index (χ3n) is 1.75. The summed E-state index contributed by atoms with van der Waals surface area (Å²) in [4.78, 5) is 14.7. The van der Waals surface area contributed by atoms with Gasteiger partial charge in [-0.25, -0.2) is 4.98 Å². The van der Waals surface area contributed by atoms with Crippen LogP contribution in [-0.2, 0) is 0 Å². The molecule has 0 aliphatic carbocycles. The smallest absolute Gasteiger partial charge is 0.250 e. The summed E-state index contributed by atoms with van der Waals surface area (Å²) in [6, 6.07) is 3.23. The Hall–Kier alpha value is -1.62. The molecule has 82 valence electrons. The van der Waals surface area contributed by atoms with Crippen LogP contribution in [0.25, 0.3) is 0 Å². The maximum Gasteiger partial charge on any atom is 0.250 e. The zero-order valence-corrected chi connectivity index (χ0v) is 8.82. The van der Waals surface area contributed by atoms with E-state index in [-0.39, 0.29) is 0 Å². The molecule has 4 N–H and O–H groups in total. The molecule has 0 fully saturated rings. The summed E-state index contributed by atoms with van der Waals surface area (Å²) in [6.07, 6.45) is 1.40. The van der Waals surface area contributed by atoms with Crippen LogP contribution in [0, 0.1) is 0 Å². The number of aromatic nitrogens is 1. The second-order valence-corrected chi connectivity index (χ2v) is 3.96. The summed E-state index contributed by atoms with van der Waals surface area (Å²) < 4.78 is 0. The van der Waals surface area contributed by atoms with Gasteiger partial charge in [0.25, 0.3) is 0 Å². The Morgan fingerprint density at radius 2 is 2.27 bits per heavy atom. The third kappa shape index (κ3) is 3.95. The van der Waals surface area contributed by atoms with Gasteiger partial charge in [0.1, 0.15) is 5.82 Å². The molecule has 0 unspecified atom stereocenters. The first-order valence-corrected chi connectivity index (χ1v) is 4.60. The number of nitrogens with zero attached hydrogens (tertiary/aromatic N) is 1. The summed E-state index contributed by atoms with van der Waals surface area (Å²) in [5.74, 6) is 0.0960. The van der Waals surface area contributed by atoms with Gasteiger partial charge in [-0.2, -0.15) is 0 Å². The summed E-state index contributed by atoms with van der Waals surface area (Å²) >= 11 is 0. The van der Waals surface area contributed by atoms with Crippen molar-refractivity contribution in [2.75, 3.05) is 11.9 Å². The lowest BCUT2D eigenvalue weighted by molar-refractivity contribution is 0.0943. The van der Waals surface area contributed by atoms with Crippen molar-refractivity contribution >= 4 is 11.7 Å². The fraction of sp³-hybridized carbons (Fsp3) is 0.400. The van der Waals surface area contributed by atoms with Gasteiger partial charge in [-0.1, -0.05) is 0 Å². The standard InChI is InChI=1S/C10H15N3O2/c1-10(2,15)6-13-8-4-3-7(5-12-8)9(11)14/h3-5,15H,6H2,1-2H3,(H2,11,14)(H,12,13). The molecule has 5 heteroatoms. The lowest BCUT2D eigenvalue weighted by Gasteiger charge is -2.17. The first-order chi connectivity index (χ1) is 6.88. The highest BCUT2D eigenvalue weighted by Gasteiger charge is 2.11. The fourth-order valence-electron chi connectivity index (χ4n) is 0.951. The van der Waals surface area contributed by atoms with Crippen LogP contribution in [-0.4, -0.2) is 28.1 Å². The zero-order chi connectivity index (χ0) is 11.5. The molecular formula is C10H15N3O2. The Morgan fingerprint density at radius 3 is 2.67 bits per heavy atom. The second kappa shape index (κ2) is 4.27. The van der Waals surface area contributed by atoms with Gasteiger partial charge in [0, 0.05) is 12.7 Å². The van der Waals surface area contributed by atoms with Gasteiger partial charge in [0.05, 0.1) is 11.2 Å². The highest BCUT2D eigenvalue weighted by Crippen LogP contribution is 2.07. The van der Waals surface area contributed by atoms with Crippen LogP contribution >= 0.6 is 0 Å². The van der Waals surface area contributed by atoms with E-state index in [2.05, 4.69) is 10.3 Å². The van der Waals surface area contributed by atoms with Gasteiger partial charge in [0.2, 0.25) is 5.91 Å². The maximum absolute atomic E-state index is 10.8. The number of hydrogen-bond acceptors (Lipinski definition) is 4. The van der Waals surface area contributed by atoms with E-state index in [1.165, 1.54) is 6.20 Å². The molecule has 0 aromatic carbocycles. The van der Waals surface area contributed by atoms with Gasteiger partial charge in [-0.15, -0.1) is 0 Å². The van der Waals surface area contributed by atoms with Crippen molar-refractivity contribution in [1.29, 1.82) is 0 Å². The van der Waals surface area contributed by atoms with Crippen molar-refractivity contribution in [3.8, 4) is 0 Å². The molecular weight excluding hydrogens is 194 g/mol. The summed E-state index contributed by atoms with van der Waals surface area (Å²) in [6.45, 7) is 3.77. The second-order valence-electron chi connectivity index (χ2n) is 3.96. The number of pyridine rings is 1. The number of nitrogens with two attached hydrogens (primary N) is 1. The number of primary amides is 1. The monoisotopic (exact) mass is 209 g/mol. The first-order valence-electron chi connectivity index (χ1n) is 4.60. The SMILES string of the molecule is CC(C)(O)CNc1ccc(C(N)=O)cn1. The number of amides is 1. The molecule has 0 saturated heterocycles. The molecule has 0 bridgehead atoms. The Bertz CT molecular complexity index is 341. The maximum atomic E-state index is 10.8. The average Bonchev–Trinajstić information content (AvgIpc) is 2.14. The number of carbonyl (C=O) groups excluding carboxylic acids is 1. The molecule has 0 aliphatic rings. The van der Waals surface area contributed by atoms with E-state index < -0.39 is 11.5 Å². The number of anilines is 1. The quantitative estimate of drug-likeness (QED) is 0.668. The number of nitrogens with one attached hydrogen (secondary N) is 1. The Labute approximate surface area is 88.3 Å². The molecule has 0 saturated carbocycles. The molecule has 0 atom stereocenters.